The predicted molar refractivity (Wildman–Crippen MR) is 216 cm³/mol. The zero-order valence-corrected chi connectivity index (χ0v) is 33.4. The van der Waals surface area contributed by atoms with E-state index in [0.717, 1.165) is 12.1 Å². The standard InChI is InChI=1S/C41H40F3N13O3/c1-21-46-31-13-23(43)11-27-30-7-6-8-34(48-30)47-24-14-33(39(58)52(4)19-26(60-5)20-53(21)36(27)31)54(17-24)37-28-16-45-57(32-10-9-22(42)12-29(32)44)38(28)50-40(49-37)56-25-15-35(56)55(18-25)41(59)51(2)3/h6-13,16,25-26,33,35H,14-15,17-20H2,1-5H3/t25?,26-,33-,35?/m0/s1. The Morgan fingerprint density at radius 3 is 2.58 bits per heavy atom. The fourth-order valence-electron chi connectivity index (χ4n) is 9.02. The number of anilines is 2. The van der Waals surface area contributed by atoms with E-state index in [4.69, 9.17) is 24.7 Å². The lowest BCUT2D eigenvalue weighted by Crippen LogP contribution is -2.54. The lowest BCUT2D eigenvalue weighted by Gasteiger charge is -2.41. The molecule has 11 rings (SSSR count). The van der Waals surface area contributed by atoms with Gasteiger partial charge < -0.3 is 33.8 Å². The molecule has 0 aliphatic carbocycles. The Kier molecular flexibility index (Phi) is 8.78. The number of likely N-dealkylation sites (N-methyl/N-ethyl adjacent to an activating group) is 1. The molecule has 3 amide bonds. The SMILES string of the molecule is CO[C@H]1CN(C)C(=O)[C@@H]2CC(=Nc3cccc(n3)-c3cc(F)cc4nc(C)n(c34)C1)CN2c1nc(N2C3CC2N(C(=O)N(C)C)C3)nc2c1cnn2-c1ccc(F)cc1F. The first-order chi connectivity index (χ1) is 28.9. The summed E-state index contributed by atoms with van der Waals surface area (Å²) in [7, 11) is 6.69. The van der Waals surface area contributed by atoms with Crippen LogP contribution in [0.1, 0.15) is 18.7 Å². The van der Waals surface area contributed by atoms with Crippen molar-refractivity contribution in [1.29, 1.82) is 0 Å². The van der Waals surface area contributed by atoms with Crippen LogP contribution in [-0.4, -0.2) is 139 Å². The fraction of sp³-hybridized carbons (Fsp3) is 0.366. The number of aliphatic imine (C=N–C) groups is 1. The van der Waals surface area contributed by atoms with Crippen molar-refractivity contribution in [1.82, 2.24) is 49.0 Å². The molecule has 5 aliphatic rings. The second kappa shape index (κ2) is 14.0. The molecule has 4 fully saturated rings. The smallest absolute Gasteiger partial charge is 0.321 e. The highest BCUT2D eigenvalue weighted by Gasteiger charge is 2.54. The van der Waals surface area contributed by atoms with Crippen LogP contribution in [-0.2, 0) is 16.1 Å². The van der Waals surface area contributed by atoms with Crippen LogP contribution < -0.4 is 9.80 Å². The van der Waals surface area contributed by atoms with Crippen LogP contribution in [0.25, 0.3) is 39.0 Å². The minimum absolute atomic E-state index is 0.0288. The number of halogens is 3. The summed E-state index contributed by atoms with van der Waals surface area (Å²) in [5, 5.41) is 4.94. The number of carbonyl (C=O) groups is 2. The largest absolute Gasteiger partial charge is 0.378 e. The first-order valence-electron chi connectivity index (χ1n) is 19.6. The lowest BCUT2D eigenvalue weighted by molar-refractivity contribution is -0.132. The van der Waals surface area contributed by atoms with Crippen LogP contribution in [0.2, 0.25) is 0 Å². The molecule has 308 valence electrons. The van der Waals surface area contributed by atoms with Crippen molar-refractivity contribution in [2.45, 2.75) is 50.7 Å². The van der Waals surface area contributed by atoms with E-state index in [-0.39, 0.29) is 60.9 Å². The Bertz CT molecular complexity index is 2790. The van der Waals surface area contributed by atoms with Gasteiger partial charge in [-0.25, -0.2) is 37.6 Å². The van der Waals surface area contributed by atoms with Crippen LogP contribution in [0.15, 0.2) is 59.7 Å². The van der Waals surface area contributed by atoms with E-state index in [9.17, 15) is 14.0 Å². The van der Waals surface area contributed by atoms with Crippen molar-refractivity contribution in [2.75, 3.05) is 57.7 Å². The van der Waals surface area contributed by atoms with Crippen molar-refractivity contribution in [3.8, 4) is 16.9 Å². The Hall–Kier alpha value is -6.63. The summed E-state index contributed by atoms with van der Waals surface area (Å²) in [5.41, 5.74) is 3.04. The van der Waals surface area contributed by atoms with E-state index >= 15 is 8.78 Å². The van der Waals surface area contributed by atoms with Gasteiger partial charge in [0.1, 0.15) is 41.2 Å². The summed E-state index contributed by atoms with van der Waals surface area (Å²) in [5.74, 6) is -0.635. The molecule has 4 saturated heterocycles. The quantitative estimate of drug-likeness (QED) is 0.246. The molecule has 5 aliphatic heterocycles. The van der Waals surface area contributed by atoms with E-state index in [0.29, 0.717) is 70.4 Å². The Morgan fingerprint density at radius 1 is 0.967 bits per heavy atom. The van der Waals surface area contributed by atoms with Gasteiger partial charge in [-0.15, -0.1) is 0 Å². The van der Waals surface area contributed by atoms with Gasteiger partial charge in [-0.1, -0.05) is 6.07 Å². The van der Waals surface area contributed by atoms with E-state index in [2.05, 4.69) is 10.1 Å². The van der Waals surface area contributed by atoms with Gasteiger partial charge in [0.25, 0.3) is 0 Å². The molecule has 0 N–H and O–H groups in total. The number of benzene rings is 2. The first-order valence-corrected chi connectivity index (χ1v) is 19.6. The number of hydrogen-bond acceptors (Lipinski definition) is 11. The van der Waals surface area contributed by atoms with E-state index in [1.165, 1.54) is 34.0 Å². The van der Waals surface area contributed by atoms with Gasteiger partial charge in [0.2, 0.25) is 11.9 Å². The van der Waals surface area contributed by atoms with Gasteiger partial charge in [-0.3, -0.25) is 4.79 Å². The minimum Gasteiger partial charge on any atom is -0.378 e. The number of nitrogens with zero attached hydrogens (tertiary/aromatic N) is 13. The van der Waals surface area contributed by atoms with E-state index < -0.39 is 29.6 Å². The van der Waals surface area contributed by atoms with Gasteiger partial charge in [0.05, 0.1) is 53.5 Å². The van der Waals surface area contributed by atoms with Crippen molar-refractivity contribution in [2.24, 2.45) is 4.99 Å². The average molecular weight is 820 g/mol. The van der Waals surface area contributed by atoms with Crippen molar-refractivity contribution >= 4 is 57.3 Å². The van der Waals surface area contributed by atoms with Gasteiger partial charge >= 0.3 is 6.03 Å². The number of aromatic nitrogens is 7. The van der Waals surface area contributed by atoms with Gasteiger partial charge in [0, 0.05) is 77.6 Å². The number of rotatable bonds is 4. The zero-order valence-electron chi connectivity index (χ0n) is 33.4. The Balaban J connectivity index is 1.13. The Labute approximate surface area is 341 Å². The highest BCUT2D eigenvalue weighted by atomic mass is 19.1. The molecule has 0 spiro atoms. The first kappa shape index (κ1) is 37.6. The average Bonchev–Trinajstić information content (AvgIpc) is 4.05. The molecule has 9 heterocycles. The normalized spacial score (nSPS) is 21.4. The van der Waals surface area contributed by atoms with Crippen molar-refractivity contribution < 1.29 is 27.5 Å². The summed E-state index contributed by atoms with van der Waals surface area (Å²) in [6, 6.07) is 10.4. The monoisotopic (exact) mass is 819 g/mol. The number of hydrogen-bond donors (Lipinski definition) is 0. The molecule has 2 unspecified atom stereocenters. The number of pyridine rings is 1. The highest BCUT2D eigenvalue weighted by Crippen LogP contribution is 2.43. The number of urea groups is 1. The predicted octanol–water partition coefficient (Wildman–Crippen LogP) is 4.69. The van der Waals surface area contributed by atoms with Crippen LogP contribution in [0.5, 0.6) is 0 Å². The van der Waals surface area contributed by atoms with Crippen LogP contribution in [0, 0.1) is 24.4 Å². The lowest BCUT2D eigenvalue weighted by atomic mass is 10.1. The molecule has 6 aromatic rings. The molecule has 16 nitrogen and oxygen atoms in total. The van der Waals surface area contributed by atoms with Gasteiger partial charge in [0.15, 0.2) is 17.3 Å². The second-order valence-electron chi connectivity index (χ2n) is 15.9. The number of amides is 3. The molecule has 60 heavy (non-hydrogen) atoms. The number of fused-ring (bicyclic) bond motifs is 7. The van der Waals surface area contributed by atoms with Gasteiger partial charge in [-0.05, 0) is 37.3 Å². The number of aryl methyl sites for hydroxylation is 1. The number of ether oxygens (including phenoxy) is 1. The Morgan fingerprint density at radius 2 is 1.80 bits per heavy atom. The number of methoxy groups -OCH3 is 1. The van der Waals surface area contributed by atoms with Gasteiger partial charge in [-0.2, -0.15) is 15.1 Å². The molecular formula is C41H40F3N13O3. The zero-order chi connectivity index (χ0) is 41.7. The molecule has 0 saturated carbocycles. The maximum atomic E-state index is 15.4. The fourth-order valence-corrected chi connectivity index (χ4v) is 9.02. The van der Waals surface area contributed by atoms with Crippen LogP contribution in [0.3, 0.4) is 0 Å². The summed E-state index contributed by atoms with van der Waals surface area (Å²) in [6.07, 6.45) is 1.61. The molecule has 2 aromatic carbocycles. The summed E-state index contributed by atoms with van der Waals surface area (Å²) < 4.78 is 53.9. The van der Waals surface area contributed by atoms with Crippen molar-refractivity contribution in [3.05, 3.63) is 78.0 Å². The second-order valence-corrected chi connectivity index (χ2v) is 15.9. The van der Waals surface area contributed by atoms with Crippen molar-refractivity contribution in [3.63, 3.8) is 0 Å². The van der Waals surface area contributed by atoms with E-state index in [1.807, 2.05) is 21.3 Å². The third-order valence-corrected chi connectivity index (χ3v) is 11.9. The molecular weight excluding hydrogens is 780 g/mol. The third kappa shape index (κ3) is 6.00. The van der Waals surface area contributed by atoms with Crippen LogP contribution in [0.4, 0.5) is 35.5 Å². The molecule has 4 atom stereocenters. The maximum Gasteiger partial charge on any atom is 0.321 e. The highest BCUT2D eigenvalue weighted by molar-refractivity contribution is 6.04. The molecule has 6 bridgehead atoms. The topological polar surface area (TPSA) is 146 Å². The number of imidazole rings is 1. The maximum absolute atomic E-state index is 15.4. The minimum atomic E-state index is -0.841. The molecule has 0 radical (unpaired) electrons. The van der Waals surface area contributed by atoms with Crippen LogP contribution >= 0.6 is 0 Å². The number of carbonyl (C=O) groups excluding carboxylic acids is 2. The summed E-state index contributed by atoms with van der Waals surface area (Å²) in [4.78, 5) is 61.3. The summed E-state index contributed by atoms with van der Waals surface area (Å²) >= 11 is 0. The molecule has 19 heteroatoms. The molecule has 4 aromatic heterocycles. The van der Waals surface area contributed by atoms with E-state index in [1.54, 1.807) is 56.3 Å². The summed E-state index contributed by atoms with van der Waals surface area (Å²) in [6.45, 7) is 2.97. The third-order valence-electron chi connectivity index (χ3n) is 11.9.